The summed E-state index contributed by atoms with van der Waals surface area (Å²) >= 11 is 1.66. The first kappa shape index (κ1) is 23.7. The van der Waals surface area contributed by atoms with E-state index in [2.05, 4.69) is 44.5 Å². The molecule has 2 fully saturated rings. The topological polar surface area (TPSA) is 77.1 Å². The molecule has 2 aliphatic heterocycles. The van der Waals surface area contributed by atoms with Crippen molar-refractivity contribution in [2.24, 2.45) is 0 Å². The van der Waals surface area contributed by atoms with Crippen molar-refractivity contribution in [3.05, 3.63) is 46.2 Å². The minimum Gasteiger partial charge on any atom is -0.379 e. The van der Waals surface area contributed by atoms with Crippen molar-refractivity contribution in [1.29, 1.82) is 0 Å². The lowest BCUT2D eigenvalue weighted by molar-refractivity contribution is -0.136. The Morgan fingerprint density at radius 2 is 1.82 bits per heavy atom. The van der Waals surface area contributed by atoms with Crippen molar-refractivity contribution in [2.45, 2.75) is 13.0 Å². The second-order valence-corrected chi connectivity index (χ2v) is 9.61. The number of nitrogens with one attached hydrogen (secondary N) is 2. The summed E-state index contributed by atoms with van der Waals surface area (Å²) in [5, 5.41) is 7.65. The zero-order chi connectivity index (χ0) is 23.2. The first-order chi connectivity index (χ1) is 16.0. The lowest BCUT2D eigenvalue weighted by Crippen LogP contribution is -2.45. The van der Waals surface area contributed by atoms with E-state index in [1.54, 1.807) is 11.3 Å². The summed E-state index contributed by atoms with van der Waals surface area (Å²) in [6.45, 7) is 9.36. The van der Waals surface area contributed by atoms with Gasteiger partial charge in [-0.2, -0.15) is 0 Å². The molecule has 9 heteroatoms. The molecule has 2 aromatic rings. The number of aryl methyl sites for hydroxylation is 1. The molecule has 0 spiro atoms. The maximum atomic E-state index is 12.6. The summed E-state index contributed by atoms with van der Waals surface area (Å²) in [6.07, 6.45) is 0. The van der Waals surface area contributed by atoms with Crippen molar-refractivity contribution in [3.8, 4) is 0 Å². The van der Waals surface area contributed by atoms with E-state index in [0.29, 0.717) is 25.4 Å². The van der Waals surface area contributed by atoms with E-state index in [0.717, 1.165) is 50.5 Å². The van der Waals surface area contributed by atoms with Gasteiger partial charge in [0.15, 0.2) is 0 Å². The van der Waals surface area contributed by atoms with E-state index in [-0.39, 0.29) is 6.04 Å². The van der Waals surface area contributed by atoms with Crippen molar-refractivity contribution >= 4 is 34.5 Å². The number of benzene rings is 1. The molecule has 8 nitrogen and oxygen atoms in total. The molecule has 2 aliphatic rings. The molecular formula is C24H33N5O3S. The number of piperazine rings is 1. The number of ether oxygens (including phenoxy) is 1. The van der Waals surface area contributed by atoms with Gasteiger partial charge >= 0.3 is 11.8 Å². The van der Waals surface area contributed by atoms with Crippen LogP contribution in [0, 0.1) is 6.92 Å². The third-order valence-electron chi connectivity index (χ3n) is 6.35. The molecule has 33 heavy (non-hydrogen) atoms. The van der Waals surface area contributed by atoms with Gasteiger partial charge in [-0.1, -0.05) is 6.07 Å². The average Bonchev–Trinajstić information content (AvgIpc) is 3.36. The Morgan fingerprint density at radius 3 is 2.48 bits per heavy atom. The summed E-state index contributed by atoms with van der Waals surface area (Å²) in [5.74, 6) is -1.26. The molecule has 3 heterocycles. The molecule has 1 atom stereocenters. The molecule has 0 unspecified atom stereocenters. The number of amides is 2. The summed E-state index contributed by atoms with van der Waals surface area (Å²) < 4.78 is 5.47. The Balaban J connectivity index is 1.33. The van der Waals surface area contributed by atoms with Crippen LogP contribution in [0.15, 0.2) is 35.7 Å². The number of morpholine rings is 1. The Kier molecular flexibility index (Phi) is 7.97. The van der Waals surface area contributed by atoms with Crippen LogP contribution in [0.3, 0.4) is 0 Å². The number of anilines is 2. The van der Waals surface area contributed by atoms with E-state index in [1.165, 1.54) is 4.88 Å². The predicted molar refractivity (Wildman–Crippen MR) is 132 cm³/mol. The standard InChI is InChI=1S/C24H33N5O3S/c1-18-16-19(28-9-7-27(2)8-10-28)5-6-20(18)26-24(31)23(30)25-17-21(22-4-3-15-33-22)29-11-13-32-14-12-29/h3-6,15-16,21H,7-14,17H2,1-2H3,(H,25,30)(H,26,31)/t21-/m0/s1. The number of nitrogens with zero attached hydrogens (tertiary/aromatic N) is 3. The largest absolute Gasteiger partial charge is 0.379 e. The fraction of sp³-hybridized carbons (Fsp3) is 0.500. The highest BCUT2D eigenvalue weighted by molar-refractivity contribution is 7.10. The second-order valence-electron chi connectivity index (χ2n) is 8.63. The lowest BCUT2D eigenvalue weighted by atomic mass is 10.1. The maximum absolute atomic E-state index is 12.6. The fourth-order valence-corrected chi connectivity index (χ4v) is 5.14. The molecular weight excluding hydrogens is 438 g/mol. The molecule has 2 saturated heterocycles. The first-order valence-electron chi connectivity index (χ1n) is 11.5. The van der Waals surface area contributed by atoms with Crippen LogP contribution in [0.5, 0.6) is 0 Å². The summed E-state index contributed by atoms with van der Waals surface area (Å²) in [5.41, 5.74) is 2.75. The van der Waals surface area contributed by atoms with Crippen LogP contribution in [0.25, 0.3) is 0 Å². The third-order valence-corrected chi connectivity index (χ3v) is 7.32. The minimum atomic E-state index is -0.641. The average molecular weight is 472 g/mol. The molecule has 2 amide bonds. The normalized spacial score (nSPS) is 18.7. The van der Waals surface area contributed by atoms with E-state index in [9.17, 15) is 9.59 Å². The molecule has 4 rings (SSSR count). The predicted octanol–water partition coefficient (Wildman–Crippen LogP) is 1.94. The van der Waals surface area contributed by atoms with Crippen molar-refractivity contribution in [3.63, 3.8) is 0 Å². The summed E-state index contributed by atoms with van der Waals surface area (Å²) in [6, 6.07) is 10.1. The molecule has 1 aromatic heterocycles. The van der Waals surface area contributed by atoms with Crippen molar-refractivity contribution < 1.29 is 14.3 Å². The number of hydrogen-bond acceptors (Lipinski definition) is 7. The zero-order valence-electron chi connectivity index (χ0n) is 19.4. The smallest absolute Gasteiger partial charge is 0.313 e. The van der Waals surface area contributed by atoms with Gasteiger partial charge < -0.3 is 25.2 Å². The third kappa shape index (κ3) is 6.11. The van der Waals surface area contributed by atoms with Gasteiger partial charge in [0.2, 0.25) is 0 Å². The van der Waals surface area contributed by atoms with Crippen molar-refractivity contribution in [2.75, 3.05) is 76.3 Å². The summed E-state index contributed by atoms with van der Waals surface area (Å²) in [4.78, 5) is 33.3. The Bertz CT molecular complexity index is 938. The number of rotatable bonds is 6. The molecule has 0 aliphatic carbocycles. The van der Waals surface area contributed by atoms with Crippen LogP contribution in [0.4, 0.5) is 11.4 Å². The molecule has 0 radical (unpaired) electrons. The minimum absolute atomic E-state index is 0.0373. The van der Waals surface area contributed by atoms with Gasteiger partial charge in [0.25, 0.3) is 0 Å². The monoisotopic (exact) mass is 471 g/mol. The quantitative estimate of drug-likeness (QED) is 0.627. The van der Waals surface area contributed by atoms with Gasteiger partial charge in [-0.15, -0.1) is 11.3 Å². The molecule has 1 aromatic carbocycles. The number of hydrogen-bond donors (Lipinski definition) is 2. The van der Waals surface area contributed by atoms with E-state index < -0.39 is 11.8 Å². The van der Waals surface area contributed by atoms with Gasteiger partial charge in [-0.3, -0.25) is 14.5 Å². The van der Waals surface area contributed by atoms with Crippen molar-refractivity contribution in [1.82, 2.24) is 15.1 Å². The number of thiophene rings is 1. The fourth-order valence-electron chi connectivity index (χ4n) is 4.28. The summed E-state index contributed by atoms with van der Waals surface area (Å²) in [7, 11) is 2.13. The van der Waals surface area contributed by atoms with E-state index in [1.807, 2.05) is 30.5 Å². The Labute approximate surface area is 199 Å². The van der Waals surface area contributed by atoms with Crippen LogP contribution in [-0.2, 0) is 14.3 Å². The Hall–Kier alpha value is -2.46. The van der Waals surface area contributed by atoms with Gasteiger partial charge in [-0.05, 0) is 49.2 Å². The number of carbonyl (C=O) groups is 2. The molecule has 0 bridgehead atoms. The lowest BCUT2D eigenvalue weighted by Gasteiger charge is -2.34. The zero-order valence-corrected chi connectivity index (χ0v) is 20.2. The van der Waals surface area contributed by atoms with Crippen LogP contribution in [0.2, 0.25) is 0 Å². The first-order valence-corrected chi connectivity index (χ1v) is 12.4. The van der Waals surface area contributed by atoms with Crippen LogP contribution in [0.1, 0.15) is 16.5 Å². The van der Waals surface area contributed by atoms with Crippen LogP contribution >= 0.6 is 11.3 Å². The number of carbonyl (C=O) groups excluding carboxylic acids is 2. The SMILES string of the molecule is Cc1cc(N2CCN(C)CC2)ccc1NC(=O)C(=O)NC[C@@H](c1cccs1)N1CCOCC1. The molecule has 178 valence electrons. The van der Waals surface area contributed by atoms with Crippen LogP contribution in [-0.4, -0.2) is 87.7 Å². The molecule has 2 N–H and O–H groups in total. The van der Waals surface area contributed by atoms with Gasteiger partial charge in [-0.25, -0.2) is 0 Å². The van der Waals surface area contributed by atoms with E-state index >= 15 is 0 Å². The Morgan fingerprint density at radius 1 is 1.06 bits per heavy atom. The highest BCUT2D eigenvalue weighted by Gasteiger charge is 2.25. The second kappa shape index (κ2) is 11.1. The highest BCUT2D eigenvalue weighted by Crippen LogP contribution is 2.26. The number of likely N-dealkylation sites (N-methyl/N-ethyl adjacent to an activating group) is 1. The highest BCUT2D eigenvalue weighted by atomic mass is 32.1. The van der Waals surface area contributed by atoms with Gasteiger partial charge in [0, 0.05) is 62.1 Å². The maximum Gasteiger partial charge on any atom is 0.313 e. The van der Waals surface area contributed by atoms with E-state index in [4.69, 9.17) is 4.74 Å². The molecule has 0 saturated carbocycles. The van der Waals surface area contributed by atoms with Crippen LogP contribution < -0.4 is 15.5 Å². The van der Waals surface area contributed by atoms with Gasteiger partial charge in [0.05, 0.1) is 19.3 Å². The van der Waals surface area contributed by atoms with Gasteiger partial charge in [0.1, 0.15) is 0 Å².